The first kappa shape index (κ1) is 58.6. The van der Waals surface area contributed by atoms with E-state index in [1.807, 2.05) is 12.2 Å². The van der Waals surface area contributed by atoms with Crippen molar-refractivity contribution >= 4 is 11.9 Å². The van der Waals surface area contributed by atoms with E-state index in [9.17, 15) is 19.8 Å². The lowest BCUT2D eigenvalue weighted by atomic mass is 10.1. The van der Waals surface area contributed by atoms with Crippen molar-refractivity contribution in [1.82, 2.24) is 5.32 Å². The Balaban J connectivity index is 3.56. The average Bonchev–Trinajstić information content (AvgIpc) is 3.26. The summed E-state index contributed by atoms with van der Waals surface area (Å²) >= 11 is 0. The number of rotatable bonds is 47. The van der Waals surface area contributed by atoms with Crippen LogP contribution < -0.4 is 5.32 Å². The third-order valence-corrected chi connectivity index (χ3v) is 11.5. The van der Waals surface area contributed by atoms with Crippen LogP contribution in [0.15, 0.2) is 60.8 Å². The Morgan fingerprint density at radius 3 is 1.31 bits per heavy atom. The fourth-order valence-electron chi connectivity index (χ4n) is 7.48. The molecule has 0 rings (SSSR count). The van der Waals surface area contributed by atoms with Gasteiger partial charge in [0.05, 0.1) is 25.4 Å². The van der Waals surface area contributed by atoms with E-state index in [1.54, 1.807) is 6.08 Å². The molecular weight excluding hydrogens is 755 g/mol. The van der Waals surface area contributed by atoms with Crippen molar-refractivity contribution in [3.63, 3.8) is 0 Å². The van der Waals surface area contributed by atoms with Crippen LogP contribution in [0.3, 0.4) is 0 Å². The van der Waals surface area contributed by atoms with E-state index in [-0.39, 0.29) is 18.5 Å². The van der Waals surface area contributed by atoms with E-state index in [0.29, 0.717) is 25.9 Å². The summed E-state index contributed by atoms with van der Waals surface area (Å²) in [7, 11) is 0. The molecule has 3 N–H and O–H groups in total. The number of unbranched alkanes of at least 4 members (excludes halogenated alkanes) is 28. The van der Waals surface area contributed by atoms with Gasteiger partial charge in [0.1, 0.15) is 0 Å². The molecular formula is C55H99NO5. The van der Waals surface area contributed by atoms with Crippen LogP contribution in [0.25, 0.3) is 0 Å². The lowest BCUT2D eigenvalue weighted by molar-refractivity contribution is -0.143. The third-order valence-electron chi connectivity index (χ3n) is 11.5. The lowest BCUT2D eigenvalue weighted by Crippen LogP contribution is -2.45. The molecule has 0 aromatic carbocycles. The number of esters is 1. The Morgan fingerprint density at radius 1 is 0.459 bits per heavy atom. The predicted octanol–water partition coefficient (Wildman–Crippen LogP) is 15.6. The number of carbonyl (C=O) groups is 2. The second kappa shape index (κ2) is 50.2. The van der Waals surface area contributed by atoms with Crippen molar-refractivity contribution in [2.75, 3.05) is 13.2 Å². The molecule has 0 heterocycles. The molecule has 2 unspecified atom stereocenters. The molecule has 0 spiro atoms. The summed E-state index contributed by atoms with van der Waals surface area (Å²) in [5, 5.41) is 22.9. The number of aliphatic hydroxyl groups is 2. The number of hydrogen-bond acceptors (Lipinski definition) is 5. The summed E-state index contributed by atoms with van der Waals surface area (Å²) in [4.78, 5) is 24.4. The van der Waals surface area contributed by atoms with Crippen LogP contribution in [-0.4, -0.2) is 47.4 Å². The summed E-state index contributed by atoms with van der Waals surface area (Å²) in [6, 6.07) is -0.672. The van der Waals surface area contributed by atoms with E-state index in [0.717, 1.165) is 57.8 Å². The Bertz CT molecular complexity index is 1080. The fourth-order valence-corrected chi connectivity index (χ4v) is 7.48. The van der Waals surface area contributed by atoms with Crippen molar-refractivity contribution in [3.8, 4) is 0 Å². The van der Waals surface area contributed by atoms with Gasteiger partial charge in [0.15, 0.2) is 0 Å². The van der Waals surface area contributed by atoms with Crippen molar-refractivity contribution in [2.24, 2.45) is 0 Å². The number of hydrogen-bond donors (Lipinski definition) is 3. The zero-order valence-corrected chi connectivity index (χ0v) is 40.1. The Hall–Kier alpha value is -2.44. The van der Waals surface area contributed by atoms with E-state index in [2.05, 4.69) is 61.7 Å². The first-order chi connectivity index (χ1) is 30.0. The topological polar surface area (TPSA) is 95.9 Å². The zero-order valence-electron chi connectivity index (χ0n) is 40.1. The molecule has 0 aliphatic rings. The Labute approximate surface area is 378 Å². The fraction of sp³-hybridized carbons (Fsp3) is 0.782. The molecule has 1 amide bonds. The summed E-state index contributed by atoms with van der Waals surface area (Å²) in [6.45, 7) is 4.79. The van der Waals surface area contributed by atoms with Gasteiger partial charge in [-0.2, -0.15) is 0 Å². The van der Waals surface area contributed by atoms with Gasteiger partial charge in [0.25, 0.3) is 0 Å². The van der Waals surface area contributed by atoms with Gasteiger partial charge in [0.2, 0.25) is 5.91 Å². The van der Waals surface area contributed by atoms with Gasteiger partial charge in [-0.05, 0) is 83.5 Å². The number of allylic oxidation sites excluding steroid dienone is 9. The number of ether oxygens (including phenoxy) is 1. The Kier molecular flexibility index (Phi) is 48.2. The van der Waals surface area contributed by atoms with E-state index >= 15 is 0 Å². The molecule has 0 radical (unpaired) electrons. The molecule has 6 heteroatoms. The Morgan fingerprint density at radius 2 is 0.836 bits per heavy atom. The first-order valence-corrected chi connectivity index (χ1v) is 26.1. The maximum absolute atomic E-state index is 12.4. The molecule has 0 aliphatic heterocycles. The van der Waals surface area contributed by atoms with Gasteiger partial charge < -0.3 is 20.3 Å². The highest BCUT2D eigenvalue weighted by atomic mass is 16.5. The quantitative estimate of drug-likeness (QED) is 0.0322. The van der Waals surface area contributed by atoms with Crippen molar-refractivity contribution in [3.05, 3.63) is 60.8 Å². The smallest absolute Gasteiger partial charge is 0.305 e. The van der Waals surface area contributed by atoms with Crippen LogP contribution in [0.2, 0.25) is 0 Å². The van der Waals surface area contributed by atoms with Crippen LogP contribution in [0.1, 0.15) is 251 Å². The molecule has 0 bridgehead atoms. The van der Waals surface area contributed by atoms with Crippen LogP contribution in [0.5, 0.6) is 0 Å². The summed E-state index contributed by atoms with van der Waals surface area (Å²) in [6.07, 6.45) is 63.8. The molecule has 354 valence electrons. The van der Waals surface area contributed by atoms with E-state index in [1.165, 1.54) is 161 Å². The van der Waals surface area contributed by atoms with Crippen LogP contribution in [0.4, 0.5) is 0 Å². The second-order valence-corrected chi connectivity index (χ2v) is 17.5. The molecule has 2 atom stereocenters. The van der Waals surface area contributed by atoms with Gasteiger partial charge in [-0.3, -0.25) is 9.59 Å². The highest BCUT2D eigenvalue weighted by Crippen LogP contribution is 2.14. The van der Waals surface area contributed by atoms with Crippen molar-refractivity contribution in [2.45, 2.75) is 264 Å². The number of carbonyl (C=O) groups excluding carboxylic acids is 2. The highest BCUT2D eigenvalue weighted by Gasteiger charge is 2.17. The van der Waals surface area contributed by atoms with Gasteiger partial charge in [-0.25, -0.2) is 0 Å². The van der Waals surface area contributed by atoms with Gasteiger partial charge in [0, 0.05) is 12.8 Å². The maximum Gasteiger partial charge on any atom is 0.305 e. The van der Waals surface area contributed by atoms with Gasteiger partial charge in [-0.15, -0.1) is 0 Å². The van der Waals surface area contributed by atoms with Gasteiger partial charge >= 0.3 is 5.97 Å². The highest BCUT2D eigenvalue weighted by molar-refractivity contribution is 5.76. The molecule has 6 nitrogen and oxygen atoms in total. The molecule has 0 saturated carbocycles. The van der Waals surface area contributed by atoms with Crippen LogP contribution in [0, 0.1) is 0 Å². The van der Waals surface area contributed by atoms with Crippen LogP contribution in [-0.2, 0) is 14.3 Å². The van der Waals surface area contributed by atoms with Crippen LogP contribution >= 0.6 is 0 Å². The summed E-state index contributed by atoms with van der Waals surface area (Å²) in [5.41, 5.74) is 0. The van der Waals surface area contributed by atoms with Crippen molar-refractivity contribution < 1.29 is 24.5 Å². The maximum atomic E-state index is 12.4. The zero-order chi connectivity index (χ0) is 44.4. The second-order valence-electron chi connectivity index (χ2n) is 17.5. The van der Waals surface area contributed by atoms with Crippen molar-refractivity contribution in [1.29, 1.82) is 0 Å². The first-order valence-electron chi connectivity index (χ1n) is 26.1. The minimum atomic E-state index is -0.879. The predicted molar refractivity (Wildman–Crippen MR) is 264 cm³/mol. The number of aliphatic hydroxyl groups excluding tert-OH is 2. The SMILES string of the molecule is CCCCC/C=C\C/C=C\CCCCCCCCCCCC(=O)OCCCCCCCC/C=C\C/C=C\CCC(=O)NC(CO)C(O)/C=C/CCCCCCCCCCCC. The third kappa shape index (κ3) is 46.9. The van der Waals surface area contributed by atoms with Gasteiger partial charge in [-0.1, -0.05) is 216 Å². The largest absolute Gasteiger partial charge is 0.466 e. The molecule has 61 heavy (non-hydrogen) atoms. The standard InChI is InChI=1S/C55H99NO5/c1-3-5-7-9-11-13-15-17-18-19-20-21-22-25-29-33-37-41-45-49-55(60)61-50-46-42-38-34-30-26-23-24-28-32-36-40-44-48-54(59)56-52(51-57)53(58)47-43-39-35-31-27-16-14-12-10-8-6-4-2/h11,13,17-18,24,28,36,40,43,47,52-53,57-58H,3-10,12,14-16,19-23,25-27,29-35,37-39,41-42,44-46,48-51H2,1-2H3,(H,56,59)/b13-11-,18-17-,28-24-,40-36-,47-43+. The number of amides is 1. The molecule has 0 aromatic heterocycles. The average molecular weight is 854 g/mol. The minimum Gasteiger partial charge on any atom is -0.466 e. The summed E-state index contributed by atoms with van der Waals surface area (Å²) in [5.74, 6) is -0.175. The normalized spacial score (nSPS) is 13.2. The molecule has 0 aromatic rings. The molecule has 0 saturated heterocycles. The molecule has 0 fully saturated rings. The molecule has 0 aliphatic carbocycles. The lowest BCUT2D eigenvalue weighted by Gasteiger charge is -2.19. The van der Waals surface area contributed by atoms with E-state index in [4.69, 9.17) is 4.74 Å². The monoisotopic (exact) mass is 854 g/mol. The minimum absolute atomic E-state index is 0.0236. The summed E-state index contributed by atoms with van der Waals surface area (Å²) < 4.78 is 5.46. The van der Waals surface area contributed by atoms with E-state index < -0.39 is 12.1 Å². The number of nitrogens with one attached hydrogen (secondary N) is 1.